The van der Waals surface area contributed by atoms with Crippen LogP contribution >= 0.6 is 0 Å². The maximum absolute atomic E-state index is 13.3. The van der Waals surface area contributed by atoms with Crippen LogP contribution in [0.2, 0.25) is 0 Å². The molecule has 0 spiro atoms. The molecule has 0 aliphatic carbocycles. The molecule has 0 aliphatic heterocycles. The van der Waals surface area contributed by atoms with Crippen LogP contribution in [0.25, 0.3) is 6.08 Å². The van der Waals surface area contributed by atoms with E-state index in [9.17, 15) is 4.39 Å². The van der Waals surface area contributed by atoms with Crippen LogP contribution in [-0.4, -0.2) is 0 Å². The molecule has 0 radical (unpaired) electrons. The molecule has 0 aliphatic rings. The first kappa shape index (κ1) is 9.97. The molecule has 0 fully saturated rings. The van der Waals surface area contributed by atoms with Crippen LogP contribution in [-0.2, 0) is 0 Å². The Labute approximate surface area is 79.1 Å². The van der Waals surface area contributed by atoms with Crippen molar-refractivity contribution in [3.05, 3.63) is 40.2 Å². The molecule has 0 aromatic heterocycles. The molecule has 0 nitrogen and oxygen atoms in total. The van der Waals surface area contributed by atoms with Crippen LogP contribution in [0.1, 0.15) is 29.2 Å². The van der Waals surface area contributed by atoms with Gasteiger partial charge in [0.25, 0.3) is 0 Å². The van der Waals surface area contributed by atoms with Crippen molar-refractivity contribution in [2.75, 3.05) is 0 Å². The van der Waals surface area contributed by atoms with Gasteiger partial charge in [-0.15, -0.1) is 0 Å². The standard InChI is InChI=1S/C12H15F/c1-5-6-11-9(3)8(2)7-12(13)10(11)4/h5-7H,1-4H3/b6-5+. The van der Waals surface area contributed by atoms with Crippen LogP contribution in [0.5, 0.6) is 0 Å². The van der Waals surface area contributed by atoms with Gasteiger partial charge in [0.1, 0.15) is 5.82 Å². The molecule has 1 aromatic carbocycles. The number of hydrogen-bond acceptors (Lipinski definition) is 0. The van der Waals surface area contributed by atoms with E-state index >= 15 is 0 Å². The molecule has 0 saturated heterocycles. The number of allylic oxidation sites excluding steroid dienone is 1. The topological polar surface area (TPSA) is 0 Å². The highest BCUT2D eigenvalue weighted by atomic mass is 19.1. The lowest BCUT2D eigenvalue weighted by Crippen LogP contribution is -1.94. The normalized spacial score (nSPS) is 11.2. The minimum atomic E-state index is -0.115. The zero-order chi connectivity index (χ0) is 10.0. The summed E-state index contributed by atoms with van der Waals surface area (Å²) >= 11 is 0. The van der Waals surface area contributed by atoms with Crippen LogP contribution in [0.3, 0.4) is 0 Å². The first-order valence-electron chi connectivity index (χ1n) is 4.47. The zero-order valence-corrected chi connectivity index (χ0v) is 8.61. The monoisotopic (exact) mass is 178 g/mol. The first-order chi connectivity index (χ1) is 6.07. The minimum absolute atomic E-state index is 0.115. The van der Waals surface area contributed by atoms with Gasteiger partial charge in [-0.1, -0.05) is 12.2 Å². The van der Waals surface area contributed by atoms with E-state index in [-0.39, 0.29) is 5.82 Å². The molecule has 0 saturated carbocycles. The molecule has 1 rings (SSSR count). The fourth-order valence-corrected chi connectivity index (χ4v) is 1.45. The highest BCUT2D eigenvalue weighted by Crippen LogP contribution is 2.22. The molecular weight excluding hydrogens is 163 g/mol. The molecule has 0 amide bonds. The lowest BCUT2D eigenvalue weighted by Gasteiger charge is -2.09. The molecule has 70 valence electrons. The quantitative estimate of drug-likeness (QED) is 0.613. The molecule has 1 aromatic rings. The second-order valence-corrected chi connectivity index (χ2v) is 3.34. The van der Waals surface area contributed by atoms with E-state index in [1.54, 1.807) is 6.07 Å². The number of hydrogen-bond donors (Lipinski definition) is 0. The average molecular weight is 178 g/mol. The number of rotatable bonds is 1. The second kappa shape index (κ2) is 3.73. The third-order valence-corrected chi connectivity index (χ3v) is 2.43. The van der Waals surface area contributed by atoms with Crippen molar-refractivity contribution in [2.24, 2.45) is 0 Å². The van der Waals surface area contributed by atoms with E-state index < -0.39 is 0 Å². The molecule has 0 unspecified atom stereocenters. The third-order valence-electron chi connectivity index (χ3n) is 2.43. The SMILES string of the molecule is C/C=C/c1c(C)c(C)cc(F)c1C. The van der Waals surface area contributed by atoms with E-state index in [1.165, 1.54) is 0 Å². The minimum Gasteiger partial charge on any atom is -0.207 e. The first-order valence-corrected chi connectivity index (χ1v) is 4.47. The van der Waals surface area contributed by atoms with Gasteiger partial charge >= 0.3 is 0 Å². The Morgan fingerprint density at radius 2 is 1.77 bits per heavy atom. The number of halogens is 1. The Morgan fingerprint density at radius 1 is 1.15 bits per heavy atom. The van der Waals surface area contributed by atoms with Crippen LogP contribution in [0.15, 0.2) is 12.1 Å². The van der Waals surface area contributed by atoms with Crippen LogP contribution in [0.4, 0.5) is 4.39 Å². The molecule has 13 heavy (non-hydrogen) atoms. The average Bonchev–Trinajstić information content (AvgIpc) is 2.09. The highest BCUT2D eigenvalue weighted by molar-refractivity contribution is 5.59. The molecule has 0 N–H and O–H groups in total. The summed E-state index contributed by atoms with van der Waals surface area (Å²) in [5, 5.41) is 0. The third kappa shape index (κ3) is 1.80. The van der Waals surface area contributed by atoms with Crippen molar-refractivity contribution in [2.45, 2.75) is 27.7 Å². The summed E-state index contributed by atoms with van der Waals surface area (Å²) in [4.78, 5) is 0. The summed E-state index contributed by atoms with van der Waals surface area (Å²) in [6.45, 7) is 7.72. The van der Waals surface area contributed by atoms with E-state index in [1.807, 2.05) is 39.8 Å². The van der Waals surface area contributed by atoms with Gasteiger partial charge in [-0.2, -0.15) is 0 Å². The Bertz CT molecular complexity index is 322. The van der Waals surface area contributed by atoms with Gasteiger partial charge in [0, 0.05) is 0 Å². The summed E-state index contributed by atoms with van der Waals surface area (Å²) in [5.74, 6) is -0.115. The molecule has 0 heterocycles. The van der Waals surface area contributed by atoms with Gasteiger partial charge in [-0.25, -0.2) is 4.39 Å². The number of aryl methyl sites for hydroxylation is 1. The zero-order valence-electron chi connectivity index (χ0n) is 8.61. The highest BCUT2D eigenvalue weighted by Gasteiger charge is 2.07. The van der Waals surface area contributed by atoms with Crippen molar-refractivity contribution in [3.8, 4) is 0 Å². The lowest BCUT2D eigenvalue weighted by molar-refractivity contribution is 0.616. The predicted molar refractivity (Wildman–Crippen MR) is 55.3 cm³/mol. The largest absolute Gasteiger partial charge is 0.207 e. The Hall–Kier alpha value is -1.11. The lowest BCUT2D eigenvalue weighted by atomic mass is 9.97. The van der Waals surface area contributed by atoms with Gasteiger partial charge in [0.05, 0.1) is 0 Å². The Morgan fingerprint density at radius 3 is 2.31 bits per heavy atom. The van der Waals surface area contributed by atoms with E-state index in [0.717, 1.165) is 22.3 Å². The maximum Gasteiger partial charge on any atom is 0.126 e. The van der Waals surface area contributed by atoms with Crippen molar-refractivity contribution in [3.63, 3.8) is 0 Å². The number of benzene rings is 1. The van der Waals surface area contributed by atoms with Gasteiger partial charge in [0.15, 0.2) is 0 Å². The fraction of sp³-hybridized carbons (Fsp3) is 0.333. The summed E-state index contributed by atoms with van der Waals surface area (Å²) in [6.07, 6.45) is 3.90. The van der Waals surface area contributed by atoms with Gasteiger partial charge in [0.2, 0.25) is 0 Å². The van der Waals surface area contributed by atoms with E-state index in [0.29, 0.717) is 0 Å². The van der Waals surface area contributed by atoms with Crippen LogP contribution in [0, 0.1) is 26.6 Å². The van der Waals surface area contributed by atoms with Gasteiger partial charge in [-0.3, -0.25) is 0 Å². The predicted octanol–water partition coefficient (Wildman–Crippen LogP) is 3.78. The Kier molecular flexibility index (Phi) is 2.86. The summed E-state index contributed by atoms with van der Waals surface area (Å²) in [6, 6.07) is 1.59. The molecular formula is C12H15F. The van der Waals surface area contributed by atoms with E-state index in [2.05, 4.69) is 0 Å². The second-order valence-electron chi connectivity index (χ2n) is 3.34. The Balaban J connectivity index is 3.46. The van der Waals surface area contributed by atoms with Crippen molar-refractivity contribution >= 4 is 6.08 Å². The summed E-state index contributed by atoms with van der Waals surface area (Å²) < 4.78 is 13.3. The maximum atomic E-state index is 13.3. The van der Waals surface area contributed by atoms with Crippen LogP contribution < -0.4 is 0 Å². The van der Waals surface area contributed by atoms with Crippen molar-refractivity contribution in [1.29, 1.82) is 0 Å². The smallest absolute Gasteiger partial charge is 0.126 e. The summed E-state index contributed by atoms with van der Waals surface area (Å²) in [5.41, 5.74) is 3.93. The van der Waals surface area contributed by atoms with Gasteiger partial charge < -0.3 is 0 Å². The van der Waals surface area contributed by atoms with Crippen molar-refractivity contribution < 1.29 is 4.39 Å². The fourth-order valence-electron chi connectivity index (χ4n) is 1.45. The van der Waals surface area contributed by atoms with Crippen molar-refractivity contribution in [1.82, 2.24) is 0 Å². The molecule has 0 atom stereocenters. The molecule has 1 heteroatoms. The van der Waals surface area contributed by atoms with E-state index in [4.69, 9.17) is 0 Å². The molecule has 0 bridgehead atoms. The summed E-state index contributed by atoms with van der Waals surface area (Å²) in [7, 11) is 0. The van der Waals surface area contributed by atoms with Gasteiger partial charge in [-0.05, 0) is 56.0 Å².